The predicted molar refractivity (Wildman–Crippen MR) is 78.7 cm³/mol. The zero-order chi connectivity index (χ0) is 14.8. The monoisotopic (exact) mass is 294 g/mol. The molecule has 2 aliphatic carbocycles. The Labute approximate surface area is 126 Å². The van der Waals surface area contributed by atoms with Crippen LogP contribution in [0.4, 0.5) is 0 Å². The molecule has 3 fully saturated rings. The molecule has 2 saturated carbocycles. The second-order valence-electron chi connectivity index (χ2n) is 6.61. The number of carbonyl (C=O) groups is 2. The van der Waals surface area contributed by atoms with Crippen molar-refractivity contribution in [2.75, 3.05) is 13.2 Å². The molecule has 0 aromatic heterocycles. The first-order chi connectivity index (χ1) is 10.2. The van der Waals surface area contributed by atoms with Crippen LogP contribution in [0.5, 0.6) is 0 Å². The molecule has 0 aromatic rings. The average Bonchev–Trinajstić information content (AvgIpc) is 3.22. The fourth-order valence-electron chi connectivity index (χ4n) is 3.83. The van der Waals surface area contributed by atoms with Crippen molar-refractivity contribution in [3.05, 3.63) is 0 Å². The Kier molecular flexibility index (Phi) is 4.48. The summed E-state index contributed by atoms with van der Waals surface area (Å²) in [6.07, 6.45) is 7.96. The predicted octanol–water partition coefficient (Wildman–Crippen LogP) is 1.46. The van der Waals surface area contributed by atoms with Gasteiger partial charge < -0.3 is 15.0 Å². The maximum absolute atomic E-state index is 12.8. The number of rotatable bonds is 5. The summed E-state index contributed by atoms with van der Waals surface area (Å²) in [6.45, 7) is 2.28. The Morgan fingerprint density at radius 3 is 2.62 bits per heavy atom. The second kappa shape index (κ2) is 6.34. The Hall–Kier alpha value is -1.10. The quantitative estimate of drug-likeness (QED) is 0.780. The van der Waals surface area contributed by atoms with Crippen LogP contribution in [0.25, 0.3) is 0 Å². The first-order valence-electron chi connectivity index (χ1n) is 8.41. The zero-order valence-electron chi connectivity index (χ0n) is 12.8. The van der Waals surface area contributed by atoms with Crippen LogP contribution in [0.3, 0.4) is 0 Å². The van der Waals surface area contributed by atoms with Gasteiger partial charge in [0.25, 0.3) is 0 Å². The van der Waals surface area contributed by atoms with Crippen LogP contribution in [-0.4, -0.2) is 48.1 Å². The summed E-state index contributed by atoms with van der Waals surface area (Å²) in [5.74, 6) is 0.476. The molecular weight excluding hydrogens is 268 g/mol. The molecule has 0 radical (unpaired) electrons. The van der Waals surface area contributed by atoms with Crippen molar-refractivity contribution in [3.8, 4) is 0 Å². The number of hydrogen-bond acceptors (Lipinski definition) is 4. The van der Waals surface area contributed by atoms with Gasteiger partial charge in [-0.3, -0.25) is 9.59 Å². The summed E-state index contributed by atoms with van der Waals surface area (Å²) in [4.78, 5) is 26.2. The van der Waals surface area contributed by atoms with Crippen LogP contribution < -0.4 is 5.32 Å². The molecule has 0 spiro atoms. The molecule has 3 aliphatic rings. The number of hydrogen-bond donors (Lipinski definition) is 1. The van der Waals surface area contributed by atoms with Gasteiger partial charge in [-0.25, -0.2) is 0 Å². The maximum atomic E-state index is 12.8. The van der Waals surface area contributed by atoms with Gasteiger partial charge in [0, 0.05) is 12.1 Å². The van der Waals surface area contributed by atoms with Crippen LogP contribution in [0.15, 0.2) is 0 Å². The minimum Gasteiger partial charge on any atom is -0.465 e. The van der Waals surface area contributed by atoms with Gasteiger partial charge in [0.2, 0.25) is 5.91 Å². The van der Waals surface area contributed by atoms with Gasteiger partial charge >= 0.3 is 5.97 Å². The molecule has 3 rings (SSSR count). The van der Waals surface area contributed by atoms with Crippen LogP contribution >= 0.6 is 0 Å². The van der Waals surface area contributed by atoms with Crippen molar-refractivity contribution in [3.63, 3.8) is 0 Å². The lowest BCUT2D eigenvalue weighted by atomic mass is 9.85. The Morgan fingerprint density at radius 1 is 1.19 bits per heavy atom. The van der Waals surface area contributed by atoms with Crippen molar-refractivity contribution in [1.82, 2.24) is 10.2 Å². The molecule has 3 atom stereocenters. The number of nitrogens with one attached hydrogen (secondary N) is 1. The van der Waals surface area contributed by atoms with Gasteiger partial charge in [-0.05, 0) is 44.9 Å². The molecule has 5 nitrogen and oxygen atoms in total. The van der Waals surface area contributed by atoms with Crippen LogP contribution in [0, 0.1) is 5.92 Å². The Morgan fingerprint density at radius 2 is 1.95 bits per heavy atom. The minimum absolute atomic E-state index is 0.0897. The highest BCUT2D eigenvalue weighted by Gasteiger charge is 2.43. The lowest BCUT2D eigenvalue weighted by Crippen LogP contribution is -2.48. The standard InChI is InChI=1S/C16H26N2O3/c1-2-21-15(19)10-18(12-7-8-12)16(20)14-9-11-5-3-4-6-13(11)17-14/h11-14,17H,2-10H2,1H3. The van der Waals surface area contributed by atoms with Gasteiger partial charge in [0.15, 0.2) is 0 Å². The first-order valence-corrected chi connectivity index (χ1v) is 8.41. The van der Waals surface area contributed by atoms with Crippen molar-refractivity contribution < 1.29 is 14.3 Å². The van der Waals surface area contributed by atoms with Crippen molar-refractivity contribution in [1.29, 1.82) is 0 Å². The van der Waals surface area contributed by atoms with E-state index in [-0.39, 0.29) is 30.5 Å². The third-order valence-electron chi connectivity index (χ3n) is 5.04. The number of carbonyl (C=O) groups excluding carboxylic acids is 2. The highest BCUT2D eigenvalue weighted by Crippen LogP contribution is 2.35. The van der Waals surface area contributed by atoms with E-state index < -0.39 is 0 Å². The van der Waals surface area contributed by atoms with E-state index in [1.165, 1.54) is 25.7 Å². The maximum Gasteiger partial charge on any atom is 0.325 e. The van der Waals surface area contributed by atoms with Crippen molar-refractivity contribution >= 4 is 11.9 Å². The number of amides is 1. The summed E-state index contributed by atoms with van der Waals surface area (Å²) >= 11 is 0. The molecule has 5 heteroatoms. The van der Waals surface area contributed by atoms with E-state index in [9.17, 15) is 9.59 Å². The summed E-state index contributed by atoms with van der Waals surface area (Å²) in [5.41, 5.74) is 0. The van der Waals surface area contributed by atoms with E-state index in [0.717, 1.165) is 19.3 Å². The van der Waals surface area contributed by atoms with Crippen LogP contribution in [0.1, 0.15) is 51.9 Å². The molecule has 1 aliphatic heterocycles. The zero-order valence-corrected chi connectivity index (χ0v) is 12.8. The minimum atomic E-state index is -0.284. The lowest BCUT2D eigenvalue weighted by molar-refractivity contribution is -0.149. The van der Waals surface area contributed by atoms with Gasteiger partial charge in [0.1, 0.15) is 6.54 Å². The third-order valence-corrected chi connectivity index (χ3v) is 5.04. The summed E-state index contributed by atoms with van der Waals surface area (Å²) in [7, 11) is 0. The number of ether oxygens (including phenoxy) is 1. The fourth-order valence-corrected chi connectivity index (χ4v) is 3.83. The highest BCUT2D eigenvalue weighted by atomic mass is 16.5. The third kappa shape index (κ3) is 3.39. The molecule has 0 aromatic carbocycles. The summed E-state index contributed by atoms with van der Waals surface area (Å²) in [6, 6.07) is 0.677. The number of fused-ring (bicyclic) bond motifs is 1. The second-order valence-corrected chi connectivity index (χ2v) is 6.61. The van der Waals surface area contributed by atoms with Crippen LogP contribution in [-0.2, 0) is 14.3 Å². The van der Waals surface area contributed by atoms with Crippen molar-refractivity contribution in [2.45, 2.75) is 70.0 Å². The molecule has 1 heterocycles. The van der Waals surface area contributed by atoms with E-state index in [4.69, 9.17) is 4.74 Å². The molecule has 118 valence electrons. The van der Waals surface area contributed by atoms with E-state index in [1.54, 1.807) is 11.8 Å². The molecule has 1 N–H and O–H groups in total. The SMILES string of the molecule is CCOC(=O)CN(C(=O)C1CC2CCCCC2N1)C1CC1. The van der Waals surface area contributed by atoms with Gasteiger partial charge in [-0.2, -0.15) is 0 Å². The molecular formula is C16H26N2O3. The summed E-state index contributed by atoms with van der Waals surface area (Å²) < 4.78 is 5.00. The van der Waals surface area contributed by atoms with E-state index in [1.807, 2.05) is 0 Å². The van der Waals surface area contributed by atoms with Gasteiger partial charge in [0.05, 0.1) is 12.6 Å². The van der Waals surface area contributed by atoms with Gasteiger partial charge in [-0.15, -0.1) is 0 Å². The topological polar surface area (TPSA) is 58.6 Å². The molecule has 1 amide bonds. The van der Waals surface area contributed by atoms with Gasteiger partial charge in [-0.1, -0.05) is 12.8 Å². The normalized spacial score (nSPS) is 31.6. The Balaban J connectivity index is 1.60. The molecule has 21 heavy (non-hydrogen) atoms. The molecule has 0 bridgehead atoms. The lowest BCUT2D eigenvalue weighted by Gasteiger charge is -2.25. The van der Waals surface area contributed by atoms with Crippen molar-refractivity contribution in [2.24, 2.45) is 5.92 Å². The number of nitrogens with zero attached hydrogens (tertiary/aromatic N) is 1. The Bertz CT molecular complexity index is 394. The summed E-state index contributed by atoms with van der Waals surface area (Å²) in [5, 5.41) is 3.52. The first kappa shape index (κ1) is 14.8. The smallest absolute Gasteiger partial charge is 0.325 e. The van der Waals surface area contributed by atoms with Crippen LogP contribution in [0.2, 0.25) is 0 Å². The molecule has 1 saturated heterocycles. The molecule has 3 unspecified atom stereocenters. The fraction of sp³-hybridized carbons (Fsp3) is 0.875. The van der Waals surface area contributed by atoms with E-state index >= 15 is 0 Å². The van der Waals surface area contributed by atoms with E-state index in [0.29, 0.717) is 18.6 Å². The van der Waals surface area contributed by atoms with E-state index in [2.05, 4.69) is 5.32 Å². The highest BCUT2D eigenvalue weighted by molar-refractivity contribution is 5.86. The number of esters is 1. The largest absolute Gasteiger partial charge is 0.465 e. The average molecular weight is 294 g/mol.